The van der Waals surface area contributed by atoms with Gasteiger partial charge in [-0.05, 0) is 79.5 Å². The fraction of sp³-hybridized carbons (Fsp3) is 0.414. The third-order valence-electron chi connectivity index (χ3n) is 13.7. The van der Waals surface area contributed by atoms with Crippen LogP contribution in [0.1, 0.15) is 75.0 Å². The van der Waals surface area contributed by atoms with E-state index in [2.05, 4.69) is 52.8 Å². The molecule has 0 aliphatic carbocycles. The molecule has 3 aromatic carbocycles. The molecule has 1 aromatic heterocycles. The van der Waals surface area contributed by atoms with Gasteiger partial charge in [0.1, 0.15) is 54.1 Å². The van der Waals surface area contributed by atoms with Crippen molar-refractivity contribution in [1.29, 1.82) is 0 Å². The van der Waals surface area contributed by atoms with Gasteiger partial charge in [-0.25, -0.2) is 0 Å². The van der Waals surface area contributed by atoms with Crippen LogP contribution in [-0.4, -0.2) is 186 Å². The number of benzene rings is 3. The second kappa shape index (κ2) is 36.3. The highest BCUT2D eigenvalue weighted by Gasteiger charge is 2.35. The van der Waals surface area contributed by atoms with Gasteiger partial charge in [0.2, 0.25) is 59.1 Å². The number of carbonyl (C=O) groups excluding carboxylic acids is 10. The van der Waals surface area contributed by atoms with Gasteiger partial charge in [0.05, 0.1) is 19.0 Å². The van der Waals surface area contributed by atoms with Crippen molar-refractivity contribution in [2.75, 3.05) is 18.6 Å². The Morgan fingerprint density at radius 1 is 0.489 bits per heavy atom. The Morgan fingerprint density at radius 3 is 1.53 bits per heavy atom. The fourth-order valence-electron chi connectivity index (χ4n) is 8.83. The lowest BCUT2D eigenvalue weighted by Gasteiger charge is -2.26. The van der Waals surface area contributed by atoms with Crippen molar-refractivity contribution in [2.45, 2.75) is 132 Å². The van der Waals surface area contributed by atoms with Crippen LogP contribution in [0.3, 0.4) is 0 Å². The van der Waals surface area contributed by atoms with Crippen LogP contribution in [0.2, 0.25) is 0 Å². The molecule has 0 saturated heterocycles. The van der Waals surface area contributed by atoms with Crippen molar-refractivity contribution >= 4 is 106 Å². The van der Waals surface area contributed by atoms with Crippen molar-refractivity contribution in [3.05, 3.63) is 102 Å². The van der Waals surface area contributed by atoms with Crippen LogP contribution in [0, 0.1) is 0 Å². The lowest BCUT2D eigenvalue weighted by molar-refractivity contribution is -0.141. The number of carboxylic acids is 4. The number of phenolic OH excluding ortho intramolecular Hbond substituents is 1. The molecular weight excluding hydrogens is 1200 g/mol. The lowest BCUT2D eigenvalue weighted by atomic mass is 10.0. The molecule has 0 radical (unpaired) electrons. The number of hydrogen-bond donors (Lipinski definition) is 17. The number of carboxylic acid groups (broad SMARTS) is 4. The van der Waals surface area contributed by atoms with Gasteiger partial charge in [-0.3, -0.25) is 67.1 Å². The maximum Gasteiger partial charge on any atom is 0.305 e. The SMILES string of the molecule is CSCC[C@H](NC(=O)[C@H](Cc1c[nH]c2ccccc12)NC(=O)CNC(=O)[C@H](Cc1ccc(O)cc1)NC(=O)[C@H](C)NC(=O)[C@H](CCC(=O)O)NC(=O)[C@H](CCC(=O)O)NC(=O)[C@@H](N)CCC(=O)O)C(=O)N[C@@H](CC(=O)O)C(=O)N[C@@H](Cc1ccccc1)C(N)=O. The summed E-state index contributed by atoms with van der Waals surface area (Å²) in [6.07, 6.45) is -1.78. The van der Waals surface area contributed by atoms with E-state index in [1.807, 2.05) is 0 Å². The number of thioether (sulfide) groups is 1. The molecule has 0 aliphatic rings. The van der Waals surface area contributed by atoms with E-state index in [0.717, 1.165) is 6.92 Å². The van der Waals surface area contributed by atoms with E-state index in [1.54, 1.807) is 67.0 Å². The predicted molar refractivity (Wildman–Crippen MR) is 321 cm³/mol. The summed E-state index contributed by atoms with van der Waals surface area (Å²) < 4.78 is 0. The summed E-state index contributed by atoms with van der Waals surface area (Å²) in [6, 6.07) is 6.80. The van der Waals surface area contributed by atoms with E-state index in [-0.39, 0.29) is 43.6 Å². The number of nitrogens with two attached hydrogens (primary N) is 2. The van der Waals surface area contributed by atoms with Gasteiger partial charge in [0, 0.05) is 55.6 Å². The van der Waals surface area contributed by atoms with Gasteiger partial charge >= 0.3 is 23.9 Å². The van der Waals surface area contributed by atoms with Crippen molar-refractivity contribution in [2.24, 2.45) is 11.5 Å². The van der Waals surface area contributed by atoms with Gasteiger partial charge in [0.25, 0.3) is 0 Å². The number of aromatic hydroxyl groups is 1. The molecule has 10 amide bonds. The maximum atomic E-state index is 14.5. The van der Waals surface area contributed by atoms with Crippen LogP contribution in [0.25, 0.3) is 10.9 Å². The molecule has 0 fully saturated rings. The maximum absolute atomic E-state index is 14.5. The van der Waals surface area contributed by atoms with Gasteiger partial charge in [-0.15, -0.1) is 0 Å². The first-order valence-electron chi connectivity index (χ1n) is 28.1. The number of para-hydroxylation sites is 1. The van der Waals surface area contributed by atoms with Crippen LogP contribution < -0.4 is 59.3 Å². The normalized spacial score (nSPS) is 13.9. The third-order valence-corrected chi connectivity index (χ3v) is 14.3. The predicted octanol–water partition coefficient (Wildman–Crippen LogP) is -2.45. The highest BCUT2D eigenvalue weighted by atomic mass is 32.2. The quantitative estimate of drug-likeness (QED) is 0.0220. The third kappa shape index (κ3) is 24.9. The van der Waals surface area contributed by atoms with Crippen molar-refractivity contribution < 1.29 is 92.7 Å². The Hall–Kier alpha value is -10.1. The summed E-state index contributed by atoms with van der Waals surface area (Å²) in [6.45, 7) is 0.311. The number of nitrogens with one attached hydrogen (secondary N) is 10. The molecule has 0 saturated carbocycles. The topological polar surface area (TPSA) is 516 Å². The monoisotopic (exact) mass is 1270 g/mol. The molecule has 32 heteroatoms. The number of rotatable bonds is 39. The van der Waals surface area contributed by atoms with Gasteiger partial charge < -0.3 is 89.8 Å². The van der Waals surface area contributed by atoms with Crippen molar-refractivity contribution in [3.8, 4) is 5.75 Å². The summed E-state index contributed by atoms with van der Waals surface area (Å²) in [5.74, 6) is -15.8. The standard InChI is InChI=1S/C58H74N12O19S/c1-30(63-54(85)38(17-20-47(75)76)66-55(86)39(18-21-48(77)78)65-52(83)36(59)16-19-46(73)74)51(82)69-42(25-32-12-14-34(71)15-13-32)53(84)62-29-45(72)64-43(26-33-28-61-37-11-7-6-10-35(33)37)57(88)67-40(22-23-90-2)56(87)70-44(27-49(79)80)58(89)68-41(50(60)81)24-31-8-4-3-5-9-31/h3-15,28,30,36,38-44,61,71H,16-27,29,59H2,1-2H3,(H2,60,81)(H,62,84)(H,63,85)(H,64,72)(H,65,83)(H,66,86)(H,67,88)(H,68,89)(H,69,82)(H,70,87)(H,73,74)(H,75,76)(H,77,78)(H,79,80)/t30-,36-,38-,39-,40-,41-,42-,43-,44-/m0/s1. The number of hydrogen-bond acceptors (Lipinski definition) is 17. The summed E-state index contributed by atoms with van der Waals surface area (Å²) in [5, 5.41) is 69.7. The van der Waals surface area contributed by atoms with E-state index in [9.17, 15) is 87.5 Å². The second-order valence-corrected chi connectivity index (χ2v) is 21.7. The molecular formula is C58H74N12O19S. The molecule has 19 N–H and O–H groups in total. The number of aromatic nitrogens is 1. The molecule has 0 spiro atoms. The molecule has 90 heavy (non-hydrogen) atoms. The van der Waals surface area contributed by atoms with E-state index in [4.69, 9.17) is 16.6 Å². The van der Waals surface area contributed by atoms with Crippen molar-refractivity contribution in [1.82, 2.24) is 52.8 Å². The Balaban J connectivity index is 1.54. The Morgan fingerprint density at radius 2 is 0.956 bits per heavy atom. The smallest absolute Gasteiger partial charge is 0.305 e. The number of primary amides is 1. The van der Waals surface area contributed by atoms with Crippen molar-refractivity contribution in [3.63, 3.8) is 0 Å². The van der Waals surface area contributed by atoms with Crippen LogP contribution in [0.15, 0.2) is 85.1 Å². The Labute approximate surface area is 518 Å². The molecule has 0 aliphatic heterocycles. The Bertz CT molecular complexity index is 3220. The molecule has 1 heterocycles. The molecule has 4 aromatic rings. The molecule has 9 atom stereocenters. The van der Waals surface area contributed by atoms with Crippen LogP contribution >= 0.6 is 11.8 Å². The number of amides is 10. The fourth-order valence-corrected chi connectivity index (χ4v) is 9.30. The number of aromatic amines is 1. The van der Waals surface area contributed by atoms with Crippen LogP contribution in [-0.2, 0) is 86.4 Å². The zero-order valence-electron chi connectivity index (χ0n) is 49.0. The van der Waals surface area contributed by atoms with Gasteiger partial charge in [-0.2, -0.15) is 11.8 Å². The van der Waals surface area contributed by atoms with Crippen LogP contribution in [0.5, 0.6) is 5.75 Å². The zero-order chi connectivity index (χ0) is 66.6. The molecule has 0 unspecified atom stereocenters. The Kier molecular flexibility index (Phi) is 29.2. The minimum atomic E-state index is -1.77. The van der Waals surface area contributed by atoms with E-state index in [0.29, 0.717) is 27.6 Å². The number of phenols is 1. The first-order valence-corrected chi connectivity index (χ1v) is 29.5. The number of aliphatic carboxylic acids is 4. The summed E-state index contributed by atoms with van der Waals surface area (Å²) in [4.78, 5) is 186. The van der Waals surface area contributed by atoms with Gasteiger partial charge in [0.15, 0.2) is 0 Å². The average molecular weight is 1280 g/mol. The largest absolute Gasteiger partial charge is 0.508 e. The molecule has 4 rings (SSSR count). The molecule has 486 valence electrons. The first-order chi connectivity index (χ1) is 42.6. The lowest BCUT2D eigenvalue weighted by Crippen LogP contribution is -2.59. The average Bonchev–Trinajstić information content (AvgIpc) is 1.85. The van der Waals surface area contributed by atoms with Gasteiger partial charge in [-0.1, -0.05) is 60.7 Å². The van der Waals surface area contributed by atoms with E-state index in [1.165, 1.54) is 36.0 Å². The zero-order valence-corrected chi connectivity index (χ0v) is 49.8. The number of carbonyl (C=O) groups is 14. The van der Waals surface area contributed by atoms with Crippen LogP contribution in [0.4, 0.5) is 0 Å². The minimum Gasteiger partial charge on any atom is -0.508 e. The highest BCUT2D eigenvalue weighted by molar-refractivity contribution is 7.98. The summed E-state index contributed by atoms with van der Waals surface area (Å²) in [5.41, 5.74) is 13.5. The first kappa shape index (κ1) is 72.4. The minimum absolute atomic E-state index is 0.0624. The molecule has 0 bridgehead atoms. The van der Waals surface area contributed by atoms with E-state index < -0.39 is 182 Å². The number of H-pyrrole nitrogens is 1. The summed E-state index contributed by atoms with van der Waals surface area (Å²) >= 11 is 1.28. The number of fused-ring (bicyclic) bond motifs is 1. The highest BCUT2D eigenvalue weighted by Crippen LogP contribution is 2.20. The molecule has 31 nitrogen and oxygen atoms in total. The summed E-state index contributed by atoms with van der Waals surface area (Å²) in [7, 11) is 0. The second-order valence-electron chi connectivity index (χ2n) is 20.7. The van der Waals surface area contributed by atoms with E-state index >= 15 is 0 Å².